The van der Waals surface area contributed by atoms with E-state index in [1.54, 1.807) is 18.9 Å². The van der Waals surface area contributed by atoms with Crippen LogP contribution in [0.4, 0.5) is 5.69 Å². The number of hydrogen-bond donors (Lipinski definition) is 2. The van der Waals surface area contributed by atoms with E-state index in [9.17, 15) is 19.5 Å². The Hall–Kier alpha value is -4.72. The summed E-state index contributed by atoms with van der Waals surface area (Å²) in [7, 11) is 4.33. The number of H-pyrrole nitrogens is 1. The molecule has 2 N–H and O–H groups in total. The third-order valence-electron chi connectivity index (χ3n) is 15.9. The van der Waals surface area contributed by atoms with Gasteiger partial charge in [-0.3, -0.25) is 29.0 Å². The summed E-state index contributed by atoms with van der Waals surface area (Å²) in [4.78, 5) is 67.1. The molecule has 3 aromatic rings. The Morgan fingerprint density at radius 2 is 1.75 bits per heavy atom. The van der Waals surface area contributed by atoms with Gasteiger partial charge in [-0.1, -0.05) is 44.2 Å². The van der Waals surface area contributed by atoms with Crippen LogP contribution in [0.3, 0.4) is 0 Å². The Labute approximate surface area is 351 Å². The summed E-state index contributed by atoms with van der Waals surface area (Å²) in [6.45, 7) is 10.5. The number of aromatic amines is 1. The topological polar surface area (TPSA) is 151 Å². The number of anilines is 1. The van der Waals surface area contributed by atoms with Gasteiger partial charge in [0.1, 0.15) is 22.7 Å². The zero-order valence-electron chi connectivity index (χ0n) is 35.8. The number of aliphatic hydroxyl groups is 1. The lowest BCUT2D eigenvalue weighted by molar-refractivity contribution is -0.203. The second-order valence-corrected chi connectivity index (χ2v) is 18.6. The predicted octanol–water partition coefficient (Wildman–Crippen LogP) is 4.79. The van der Waals surface area contributed by atoms with E-state index in [1.807, 2.05) is 31.2 Å². The molecule has 13 nitrogen and oxygen atoms in total. The largest absolute Gasteiger partial charge is 0.496 e. The number of esters is 3. The van der Waals surface area contributed by atoms with Crippen LogP contribution in [-0.2, 0) is 50.6 Å². The summed E-state index contributed by atoms with van der Waals surface area (Å²) in [5, 5.41) is 13.0. The van der Waals surface area contributed by atoms with Crippen LogP contribution in [0.5, 0.6) is 5.75 Å². The van der Waals surface area contributed by atoms with E-state index >= 15 is 4.79 Å². The lowest BCUT2D eigenvalue weighted by atomic mass is 9.45. The molecule has 1 amide bonds. The highest BCUT2D eigenvalue weighted by molar-refractivity contribution is 5.96. The zero-order chi connectivity index (χ0) is 42.6. The van der Waals surface area contributed by atoms with Crippen LogP contribution in [0.15, 0.2) is 48.6 Å². The Kier molecular flexibility index (Phi) is 9.61. The van der Waals surface area contributed by atoms with E-state index in [-0.39, 0.29) is 12.0 Å². The highest BCUT2D eigenvalue weighted by Crippen LogP contribution is 2.70. The first kappa shape index (κ1) is 40.7. The van der Waals surface area contributed by atoms with E-state index < -0.39 is 57.3 Å². The fourth-order valence-electron chi connectivity index (χ4n) is 13.8. The molecule has 1 spiro atoms. The van der Waals surface area contributed by atoms with Gasteiger partial charge >= 0.3 is 17.9 Å². The van der Waals surface area contributed by atoms with Crippen molar-refractivity contribution in [3.8, 4) is 5.75 Å². The van der Waals surface area contributed by atoms with Gasteiger partial charge < -0.3 is 33.9 Å². The number of fused-ring (bicyclic) bond motifs is 6. The maximum Gasteiger partial charge on any atom is 0.322 e. The van der Waals surface area contributed by atoms with Crippen LogP contribution < -0.4 is 9.64 Å². The van der Waals surface area contributed by atoms with Gasteiger partial charge in [0.05, 0.1) is 38.7 Å². The fourth-order valence-corrected chi connectivity index (χ4v) is 13.8. The Morgan fingerprint density at radius 3 is 2.43 bits per heavy atom. The molecular formula is C47H58N4O9. The average molecular weight is 823 g/mol. The average Bonchev–Trinajstić information content (AvgIpc) is 3.92. The standard InChI is InChI=1S/C47H58N4O9/c1-8-44(56)23-29-24-47(42(55)59-7,37-31(15-19-49(25-29)26-44)30-13-10-11-14-34(30)48-37)33-21-32-35(22-36(33)57-5)51(27-52)38-43(4,41(54)58-6)40(60-28(3)53)45(9-2)16-12-18-50-20-17-46(32,38)39(45)50/h10-14,16,21-22,27,29,38-40,48,56H,8-9,15,17-20,23-26H2,1-7H3/t29?,38-,39-,40-,43+,44-,45?,46-,47-/m0/s1. The van der Waals surface area contributed by atoms with Gasteiger partial charge in [0.15, 0.2) is 0 Å². The number of carbonyl (C=O) groups excluding carboxylic acids is 4. The molecule has 9 rings (SSSR count). The minimum absolute atomic E-state index is 0.115. The van der Waals surface area contributed by atoms with Crippen molar-refractivity contribution in [1.82, 2.24) is 14.8 Å². The first-order chi connectivity index (χ1) is 28.8. The van der Waals surface area contributed by atoms with Crippen molar-refractivity contribution in [2.24, 2.45) is 16.7 Å². The second kappa shape index (κ2) is 14.2. The molecule has 2 aromatic carbocycles. The van der Waals surface area contributed by atoms with Crippen LogP contribution in [-0.4, -0.2) is 122 Å². The Morgan fingerprint density at radius 1 is 0.983 bits per heavy atom. The normalized spacial score (nSPS) is 36.5. The third kappa shape index (κ3) is 5.20. The molecule has 320 valence electrons. The van der Waals surface area contributed by atoms with E-state index in [2.05, 4.69) is 46.0 Å². The number of para-hydroxylation sites is 1. The Bertz CT molecular complexity index is 2310. The molecule has 0 radical (unpaired) electrons. The summed E-state index contributed by atoms with van der Waals surface area (Å²) in [6.07, 6.45) is 7.17. The number of amides is 1. The van der Waals surface area contributed by atoms with Crippen molar-refractivity contribution >= 4 is 40.9 Å². The van der Waals surface area contributed by atoms with Crippen molar-refractivity contribution in [2.75, 3.05) is 59.0 Å². The van der Waals surface area contributed by atoms with Gasteiger partial charge in [-0.25, -0.2) is 0 Å². The van der Waals surface area contributed by atoms with Crippen molar-refractivity contribution in [1.29, 1.82) is 0 Å². The summed E-state index contributed by atoms with van der Waals surface area (Å²) < 4.78 is 24.3. The first-order valence-corrected chi connectivity index (χ1v) is 21.5. The number of aromatic nitrogens is 1. The molecule has 2 bridgehead atoms. The number of methoxy groups -OCH3 is 3. The summed E-state index contributed by atoms with van der Waals surface area (Å²) in [5.74, 6) is -1.29. The van der Waals surface area contributed by atoms with Crippen molar-refractivity contribution in [3.63, 3.8) is 0 Å². The lowest BCUT2D eigenvalue weighted by Crippen LogP contribution is -2.77. The summed E-state index contributed by atoms with van der Waals surface area (Å²) in [6, 6.07) is 10.9. The molecule has 6 heterocycles. The zero-order valence-corrected chi connectivity index (χ0v) is 35.8. The van der Waals surface area contributed by atoms with Crippen LogP contribution in [0.1, 0.15) is 82.2 Å². The number of nitrogens with zero attached hydrogens (tertiary/aromatic N) is 3. The van der Waals surface area contributed by atoms with E-state index in [0.29, 0.717) is 88.2 Å². The highest BCUT2D eigenvalue weighted by Gasteiger charge is 2.79. The SMILES string of the molecule is CCC12C=CCN3CC[C@@]4(c5cc([C@@]6(C(=O)OC)CC7C[N@](CCc8c6[nH]c6ccccc86)C[C@](O)(CC)C7)c(OC)cc5N(C=O)[C@H]4[C@@](C)(C(=O)OC)[C@@H]1OC(C)=O)[C@@H]32. The maximum absolute atomic E-state index is 15.4. The lowest BCUT2D eigenvalue weighted by Gasteiger charge is -2.64. The molecular weight excluding hydrogens is 765 g/mol. The molecule has 6 aliphatic rings. The monoisotopic (exact) mass is 822 g/mol. The molecule has 1 saturated carbocycles. The smallest absolute Gasteiger partial charge is 0.322 e. The number of ether oxygens (including phenoxy) is 4. The fraction of sp³-hybridized carbons (Fsp3) is 0.574. The van der Waals surface area contributed by atoms with Crippen LogP contribution in [0.2, 0.25) is 0 Å². The van der Waals surface area contributed by atoms with Gasteiger partial charge in [-0.05, 0) is 81.2 Å². The minimum Gasteiger partial charge on any atom is -0.496 e. The molecule has 60 heavy (non-hydrogen) atoms. The molecule has 2 unspecified atom stereocenters. The molecule has 1 aromatic heterocycles. The number of carbonyl (C=O) groups is 4. The number of piperidine rings is 1. The number of benzene rings is 2. The maximum atomic E-state index is 15.4. The van der Waals surface area contributed by atoms with E-state index in [4.69, 9.17) is 18.9 Å². The van der Waals surface area contributed by atoms with Crippen molar-refractivity contribution < 1.29 is 43.2 Å². The van der Waals surface area contributed by atoms with Crippen LogP contribution in [0, 0.1) is 16.7 Å². The molecule has 5 aliphatic heterocycles. The first-order valence-electron chi connectivity index (χ1n) is 21.5. The molecule has 10 atom stereocenters. The van der Waals surface area contributed by atoms with Gasteiger partial charge in [0, 0.05) is 78.2 Å². The number of nitrogens with one attached hydrogen (secondary N) is 1. The summed E-state index contributed by atoms with van der Waals surface area (Å²) in [5.41, 5.74) is -1.04. The molecule has 1 aliphatic carbocycles. The van der Waals surface area contributed by atoms with Crippen LogP contribution in [0.25, 0.3) is 10.9 Å². The third-order valence-corrected chi connectivity index (χ3v) is 15.9. The van der Waals surface area contributed by atoms with Crippen molar-refractivity contribution in [3.05, 3.63) is 70.9 Å². The quantitative estimate of drug-likeness (QED) is 0.140. The van der Waals surface area contributed by atoms with E-state index in [0.717, 1.165) is 34.1 Å². The van der Waals surface area contributed by atoms with Gasteiger partial charge in [-0.2, -0.15) is 0 Å². The number of hydrogen-bond acceptors (Lipinski definition) is 11. The van der Waals surface area contributed by atoms with Crippen molar-refractivity contribution in [2.45, 2.75) is 101 Å². The van der Waals surface area contributed by atoms with Gasteiger partial charge in [0.25, 0.3) is 0 Å². The minimum atomic E-state index is -1.53. The Balaban J connectivity index is 1.38. The molecule has 3 fully saturated rings. The predicted molar refractivity (Wildman–Crippen MR) is 224 cm³/mol. The number of rotatable bonds is 8. The van der Waals surface area contributed by atoms with E-state index in [1.165, 1.54) is 21.1 Å². The van der Waals surface area contributed by atoms with Gasteiger partial charge in [0.2, 0.25) is 6.41 Å². The van der Waals surface area contributed by atoms with Crippen LogP contribution >= 0.6 is 0 Å². The summed E-state index contributed by atoms with van der Waals surface area (Å²) >= 11 is 0. The highest BCUT2D eigenvalue weighted by atomic mass is 16.6. The molecule has 2 saturated heterocycles. The van der Waals surface area contributed by atoms with Gasteiger partial charge in [-0.15, -0.1) is 0 Å². The molecule has 13 heteroatoms. The second-order valence-electron chi connectivity index (χ2n) is 18.6.